The van der Waals surface area contributed by atoms with Gasteiger partial charge in [-0.15, -0.1) is 0 Å². The van der Waals surface area contributed by atoms with E-state index in [-0.39, 0.29) is 18.1 Å². The first kappa shape index (κ1) is 16.2. The van der Waals surface area contributed by atoms with Gasteiger partial charge in [0.15, 0.2) is 0 Å². The fourth-order valence-electron chi connectivity index (χ4n) is 1.83. The Kier molecular flexibility index (Phi) is 5.46. The van der Waals surface area contributed by atoms with Crippen molar-refractivity contribution in [2.24, 2.45) is 0 Å². The molecule has 23 heavy (non-hydrogen) atoms. The SMILES string of the molecule is CCOC(=O)/C(=C/c1cccc([N+](=O)[O-])c1)Oc1ccccc1. The maximum absolute atomic E-state index is 12.0. The Balaban J connectivity index is 2.34. The lowest BCUT2D eigenvalue weighted by Crippen LogP contribution is -2.12. The Morgan fingerprint density at radius 2 is 1.91 bits per heavy atom. The van der Waals surface area contributed by atoms with Crippen LogP contribution in [-0.4, -0.2) is 17.5 Å². The highest BCUT2D eigenvalue weighted by molar-refractivity contribution is 5.92. The molecule has 118 valence electrons. The topological polar surface area (TPSA) is 78.7 Å². The Morgan fingerprint density at radius 1 is 1.17 bits per heavy atom. The van der Waals surface area contributed by atoms with E-state index >= 15 is 0 Å². The van der Waals surface area contributed by atoms with Gasteiger partial charge in [-0.25, -0.2) is 4.79 Å². The Bertz CT molecular complexity index is 725. The van der Waals surface area contributed by atoms with Crippen LogP contribution in [0.25, 0.3) is 6.08 Å². The summed E-state index contributed by atoms with van der Waals surface area (Å²) in [7, 11) is 0. The van der Waals surface area contributed by atoms with Gasteiger partial charge in [-0.05, 0) is 30.7 Å². The van der Waals surface area contributed by atoms with E-state index in [1.54, 1.807) is 37.3 Å². The fourth-order valence-corrected chi connectivity index (χ4v) is 1.83. The average Bonchev–Trinajstić information content (AvgIpc) is 2.55. The molecule has 0 amide bonds. The highest BCUT2D eigenvalue weighted by atomic mass is 16.6. The van der Waals surface area contributed by atoms with Gasteiger partial charge in [-0.1, -0.05) is 30.3 Å². The number of benzene rings is 2. The van der Waals surface area contributed by atoms with E-state index in [9.17, 15) is 14.9 Å². The van der Waals surface area contributed by atoms with Crippen LogP contribution in [0.3, 0.4) is 0 Å². The van der Waals surface area contributed by atoms with Gasteiger partial charge >= 0.3 is 5.97 Å². The maximum atomic E-state index is 12.0. The van der Waals surface area contributed by atoms with Crippen LogP contribution in [0.5, 0.6) is 5.75 Å². The molecule has 6 heteroatoms. The summed E-state index contributed by atoms with van der Waals surface area (Å²) in [6.07, 6.45) is 1.41. The van der Waals surface area contributed by atoms with Crippen molar-refractivity contribution in [2.75, 3.05) is 6.61 Å². The highest BCUT2D eigenvalue weighted by Gasteiger charge is 2.14. The number of hydrogen-bond acceptors (Lipinski definition) is 5. The molecule has 0 aromatic heterocycles. The normalized spacial score (nSPS) is 10.9. The number of carbonyl (C=O) groups excluding carboxylic acids is 1. The molecule has 0 fully saturated rings. The molecule has 0 unspecified atom stereocenters. The smallest absolute Gasteiger partial charge is 0.374 e. The second kappa shape index (κ2) is 7.74. The standard InChI is InChI=1S/C17H15NO5/c1-2-22-17(19)16(23-15-9-4-3-5-10-15)12-13-7-6-8-14(11-13)18(20)21/h3-12H,2H2,1H3/b16-12-. The molecular formula is C17H15NO5. The molecule has 0 spiro atoms. The van der Waals surface area contributed by atoms with Crippen molar-refractivity contribution >= 4 is 17.7 Å². The molecule has 0 aliphatic carbocycles. The molecule has 0 bridgehead atoms. The molecule has 0 saturated carbocycles. The number of esters is 1. The van der Waals surface area contributed by atoms with E-state index in [4.69, 9.17) is 9.47 Å². The zero-order chi connectivity index (χ0) is 16.7. The van der Waals surface area contributed by atoms with E-state index in [0.717, 1.165) is 0 Å². The Hall–Kier alpha value is -3.15. The van der Waals surface area contributed by atoms with E-state index in [1.807, 2.05) is 6.07 Å². The number of nitrogens with zero attached hydrogens (tertiary/aromatic N) is 1. The van der Waals surface area contributed by atoms with Crippen molar-refractivity contribution in [3.8, 4) is 5.75 Å². The van der Waals surface area contributed by atoms with Gasteiger partial charge in [-0.3, -0.25) is 10.1 Å². The van der Waals surface area contributed by atoms with Crippen LogP contribution in [0.4, 0.5) is 5.69 Å². The van der Waals surface area contributed by atoms with Crippen LogP contribution in [0, 0.1) is 10.1 Å². The van der Waals surface area contributed by atoms with Gasteiger partial charge in [-0.2, -0.15) is 0 Å². The second-order valence-corrected chi connectivity index (χ2v) is 4.50. The first-order chi connectivity index (χ1) is 11.1. The predicted molar refractivity (Wildman–Crippen MR) is 84.8 cm³/mol. The third-order valence-corrected chi connectivity index (χ3v) is 2.83. The molecule has 0 heterocycles. The third kappa shape index (κ3) is 4.67. The molecular weight excluding hydrogens is 298 g/mol. The molecule has 0 aliphatic heterocycles. The average molecular weight is 313 g/mol. The van der Waals surface area contributed by atoms with Gasteiger partial charge in [0.05, 0.1) is 11.5 Å². The van der Waals surface area contributed by atoms with Gasteiger partial charge in [0, 0.05) is 12.1 Å². The van der Waals surface area contributed by atoms with Crippen LogP contribution < -0.4 is 4.74 Å². The zero-order valence-electron chi connectivity index (χ0n) is 12.5. The summed E-state index contributed by atoms with van der Waals surface area (Å²) in [6, 6.07) is 14.7. The summed E-state index contributed by atoms with van der Waals surface area (Å²) in [4.78, 5) is 22.3. The molecule has 0 saturated heterocycles. The number of carbonyl (C=O) groups is 1. The summed E-state index contributed by atoms with van der Waals surface area (Å²) in [5, 5.41) is 10.8. The largest absolute Gasteiger partial charge is 0.460 e. The van der Waals surface area contributed by atoms with E-state index in [1.165, 1.54) is 24.3 Å². The van der Waals surface area contributed by atoms with Crippen molar-refractivity contribution in [1.29, 1.82) is 0 Å². The molecule has 6 nitrogen and oxygen atoms in total. The minimum Gasteiger partial charge on any atom is -0.460 e. The van der Waals surface area contributed by atoms with Crippen molar-refractivity contribution in [3.63, 3.8) is 0 Å². The predicted octanol–water partition coefficient (Wildman–Crippen LogP) is 3.58. The third-order valence-electron chi connectivity index (χ3n) is 2.83. The summed E-state index contributed by atoms with van der Waals surface area (Å²) >= 11 is 0. The quantitative estimate of drug-likeness (QED) is 0.268. The van der Waals surface area contributed by atoms with Crippen molar-refractivity contribution in [3.05, 3.63) is 76.0 Å². The van der Waals surface area contributed by atoms with E-state index in [0.29, 0.717) is 11.3 Å². The van der Waals surface area contributed by atoms with Gasteiger partial charge < -0.3 is 9.47 Å². The maximum Gasteiger partial charge on any atom is 0.374 e. The summed E-state index contributed by atoms with van der Waals surface area (Å²) in [5.41, 5.74) is 0.403. The highest BCUT2D eigenvalue weighted by Crippen LogP contribution is 2.19. The molecule has 0 N–H and O–H groups in total. The number of nitro groups is 1. The lowest BCUT2D eigenvalue weighted by molar-refractivity contribution is -0.384. The summed E-state index contributed by atoms with van der Waals surface area (Å²) in [5.74, 6) is -0.210. The van der Waals surface area contributed by atoms with Gasteiger partial charge in [0.25, 0.3) is 5.69 Å². The van der Waals surface area contributed by atoms with Crippen LogP contribution in [0.2, 0.25) is 0 Å². The number of ether oxygens (including phenoxy) is 2. The fraction of sp³-hybridized carbons (Fsp3) is 0.118. The van der Waals surface area contributed by atoms with Crippen molar-refractivity contribution in [2.45, 2.75) is 6.92 Å². The molecule has 0 atom stereocenters. The lowest BCUT2D eigenvalue weighted by atomic mass is 10.2. The van der Waals surface area contributed by atoms with E-state index < -0.39 is 10.9 Å². The van der Waals surface area contributed by atoms with Crippen molar-refractivity contribution < 1.29 is 19.2 Å². The number of nitro benzene ring substituents is 1. The van der Waals surface area contributed by atoms with Crippen LogP contribution in [-0.2, 0) is 9.53 Å². The molecule has 0 radical (unpaired) electrons. The number of non-ortho nitro benzene ring substituents is 1. The lowest BCUT2D eigenvalue weighted by Gasteiger charge is -2.09. The Morgan fingerprint density at radius 3 is 2.57 bits per heavy atom. The van der Waals surface area contributed by atoms with Gasteiger partial charge in [0.2, 0.25) is 5.76 Å². The number of rotatable bonds is 6. The Labute approximate surface area is 133 Å². The first-order valence-corrected chi connectivity index (χ1v) is 6.96. The number of para-hydroxylation sites is 1. The molecule has 2 aromatic carbocycles. The molecule has 0 aliphatic rings. The first-order valence-electron chi connectivity index (χ1n) is 6.96. The molecule has 2 rings (SSSR count). The summed E-state index contributed by atoms with van der Waals surface area (Å²) in [6.45, 7) is 1.88. The van der Waals surface area contributed by atoms with Gasteiger partial charge in [0.1, 0.15) is 5.75 Å². The van der Waals surface area contributed by atoms with Crippen LogP contribution in [0.15, 0.2) is 60.4 Å². The van der Waals surface area contributed by atoms with Crippen LogP contribution >= 0.6 is 0 Å². The van der Waals surface area contributed by atoms with E-state index in [2.05, 4.69) is 0 Å². The second-order valence-electron chi connectivity index (χ2n) is 4.50. The zero-order valence-corrected chi connectivity index (χ0v) is 12.5. The van der Waals surface area contributed by atoms with Crippen LogP contribution in [0.1, 0.15) is 12.5 Å². The monoisotopic (exact) mass is 313 g/mol. The molecule has 2 aromatic rings. The summed E-state index contributed by atoms with van der Waals surface area (Å²) < 4.78 is 10.5. The van der Waals surface area contributed by atoms with Crippen molar-refractivity contribution in [1.82, 2.24) is 0 Å². The minimum atomic E-state index is -0.636. The minimum absolute atomic E-state index is 0.0430. The number of hydrogen-bond donors (Lipinski definition) is 0.